The van der Waals surface area contributed by atoms with Crippen LogP contribution in [0.15, 0.2) is 35.5 Å². The van der Waals surface area contributed by atoms with Crippen molar-refractivity contribution in [2.24, 2.45) is 12.0 Å². The number of likely N-dealkylation sites (tertiary alicyclic amines) is 1. The van der Waals surface area contributed by atoms with Crippen LogP contribution in [0.1, 0.15) is 42.8 Å². The van der Waals surface area contributed by atoms with Gasteiger partial charge in [0, 0.05) is 43.0 Å². The highest BCUT2D eigenvalue weighted by Gasteiger charge is 2.26. The number of anilines is 1. The lowest BCUT2D eigenvalue weighted by Crippen LogP contribution is -2.30. The number of aryl methyl sites for hydroxylation is 1. The number of amidine groups is 1. The second-order valence-electron chi connectivity index (χ2n) is 8.38. The van der Waals surface area contributed by atoms with E-state index in [0.717, 1.165) is 37.5 Å². The molecule has 2 N–H and O–H groups in total. The number of aliphatic imine (C=N–C) groups is 1. The second kappa shape index (κ2) is 8.20. The average Bonchev–Trinajstić information content (AvgIpc) is 3.43. The molecule has 0 radical (unpaired) electrons. The van der Waals surface area contributed by atoms with Gasteiger partial charge in [0.1, 0.15) is 29.5 Å². The zero-order valence-corrected chi connectivity index (χ0v) is 18.5. The van der Waals surface area contributed by atoms with Crippen molar-refractivity contribution in [1.29, 1.82) is 5.26 Å². The molecule has 1 fully saturated rings. The van der Waals surface area contributed by atoms with Gasteiger partial charge in [-0.15, -0.1) is 0 Å². The Morgan fingerprint density at radius 1 is 1.24 bits per heavy atom. The van der Waals surface area contributed by atoms with E-state index < -0.39 is 6.10 Å². The Morgan fingerprint density at radius 3 is 2.79 bits per heavy atom. The lowest BCUT2D eigenvalue weighted by atomic mass is 10.0. The number of fused-ring (bicyclic) bond motifs is 5. The van der Waals surface area contributed by atoms with Crippen LogP contribution >= 0.6 is 0 Å². The lowest BCUT2D eigenvalue weighted by molar-refractivity contribution is 0.228. The molecule has 0 amide bonds. The molecular formula is C24H24FN7O. The van der Waals surface area contributed by atoms with Gasteiger partial charge in [0.15, 0.2) is 11.6 Å². The third-order valence-electron chi connectivity index (χ3n) is 6.17. The highest BCUT2D eigenvalue weighted by Crippen LogP contribution is 2.37. The minimum atomic E-state index is -0.526. The fourth-order valence-corrected chi connectivity index (χ4v) is 4.51. The highest BCUT2D eigenvalue weighted by molar-refractivity contribution is 5.89. The second-order valence-corrected chi connectivity index (χ2v) is 8.38. The molecule has 0 spiro atoms. The van der Waals surface area contributed by atoms with Gasteiger partial charge >= 0.3 is 0 Å². The van der Waals surface area contributed by atoms with Crippen molar-refractivity contribution in [2.45, 2.75) is 32.3 Å². The summed E-state index contributed by atoms with van der Waals surface area (Å²) >= 11 is 0. The number of nitriles is 1. The van der Waals surface area contributed by atoms with Crippen LogP contribution in [0.5, 0.6) is 5.75 Å². The van der Waals surface area contributed by atoms with E-state index in [1.54, 1.807) is 30.1 Å². The summed E-state index contributed by atoms with van der Waals surface area (Å²) in [4.78, 5) is 11.5. The zero-order valence-electron chi connectivity index (χ0n) is 18.5. The van der Waals surface area contributed by atoms with E-state index in [-0.39, 0.29) is 11.6 Å². The van der Waals surface area contributed by atoms with Crippen LogP contribution in [0.25, 0.3) is 11.1 Å². The first kappa shape index (κ1) is 20.9. The van der Waals surface area contributed by atoms with Crippen molar-refractivity contribution in [3.8, 4) is 22.9 Å². The molecule has 4 heterocycles. The smallest absolute Gasteiger partial charge is 0.166 e. The molecule has 2 bridgehead atoms. The maximum atomic E-state index is 14.2. The van der Waals surface area contributed by atoms with Crippen LogP contribution in [0.4, 0.5) is 15.9 Å². The van der Waals surface area contributed by atoms with Gasteiger partial charge in [0.25, 0.3) is 0 Å². The molecule has 33 heavy (non-hydrogen) atoms. The average molecular weight is 446 g/mol. The molecular weight excluding hydrogens is 421 g/mol. The van der Waals surface area contributed by atoms with Crippen molar-refractivity contribution in [3.05, 3.63) is 53.2 Å². The molecule has 1 atom stereocenters. The third-order valence-corrected chi connectivity index (χ3v) is 6.17. The van der Waals surface area contributed by atoms with Gasteiger partial charge in [-0.25, -0.2) is 14.4 Å². The summed E-state index contributed by atoms with van der Waals surface area (Å²) in [7, 11) is 1.75. The minimum Gasteiger partial charge on any atom is -0.482 e. The number of hydrogen-bond donors (Lipinski definition) is 1. The number of hydrogen-bond acceptors (Lipinski definition) is 7. The number of rotatable bonds is 0. The van der Waals surface area contributed by atoms with Crippen LogP contribution in [-0.2, 0) is 13.5 Å². The largest absolute Gasteiger partial charge is 0.482 e. The van der Waals surface area contributed by atoms with Gasteiger partial charge < -0.3 is 15.4 Å². The van der Waals surface area contributed by atoms with Crippen LogP contribution in [0.2, 0.25) is 0 Å². The molecule has 168 valence electrons. The highest BCUT2D eigenvalue weighted by atomic mass is 19.1. The summed E-state index contributed by atoms with van der Waals surface area (Å²) in [6, 6.07) is 8.55. The number of benzene rings is 1. The Morgan fingerprint density at radius 2 is 2.03 bits per heavy atom. The van der Waals surface area contributed by atoms with Crippen LogP contribution in [0, 0.1) is 17.1 Å². The quantitative estimate of drug-likeness (QED) is 0.563. The maximum absolute atomic E-state index is 14.2. The fraction of sp³-hybridized carbons (Fsp3) is 0.333. The van der Waals surface area contributed by atoms with Gasteiger partial charge in [0.05, 0.1) is 17.8 Å². The minimum absolute atomic E-state index is 0.214. The van der Waals surface area contributed by atoms with Crippen LogP contribution in [0.3, 0.4) is 0 Å². The molecule has 1 saturated heterocycles. The van der Waals surface area contributed by atoms with E-state index in [4.69, 9.17) is 15.5 Å². The zero-order chi connectivity index (χ0) is 23.1. The van der Waals surface area contributed by atoms with E-state index >= 15 is 0 Å². The Labute approximate surface area is 191 Å². The van der Waals surface area contributed by atoms with Crippen molar-refractivity contribution in [1.82, 2.24) is 19.7 Å². The molecule has 2 aliphatic heterocycles. The molecule has 5 rings (SSSR count). The summed E-state index contributed by atoms with van der Waals surface area (Å²) < 4.78 is 21.9. The molecule has 3 aromatic rings. The number of nitrogens with two attached hydrogens (primary N) is 1. The molecule has 0 saturated carbocycles. The monoisotopic (exact) mass is 445 g/mol. The van der Waals surface area contributed by atoms with E-state index in [1.807, 2.05) is 6.92 Å². The van der Waals surface area contributed by atoms with Gasteiger partial charge in [-0.1, -0.05) is 0 Å². The van der Waals surface area contributed by atoms with Gasteiger partial charge in [-0.2, -0.15) is 10.4 Å². The van der Waals surface area contributed by atoms with Gasteiger partial charge in [0.2, 0.25) is 0 Å². The standard InChI is InChI=1S/C24H24FN7O/c1-14-17-10-16(25)5-6-18(17)29-22(32-7-3-4-8-32)11-19-23(20(12-26)31(2)30-19)15-9-21(33-14)24(27)28-13-15/h5-6,9-10,13-14H,3-4,7-8,11H2,1-2H3,(H2,27,28)/b29-22+/t14-/m1/s1. The van der Waals surface area contributed by atoms with Crippen LogP contribution < -0.4 is 10.5 Å². The predicted molar refractivity (Wildman–Crippen MR) is 123 cm³/mol. The molecule has 1 aromatic carbocycles. The number of nitrogens with zero attached hydrogens (tertiary/aromatic N) is 6. The first-order valence-corrected chi connectivity index (χ1v) is 10.9. The molecule has 8 nitrogen and oxygen atoms in total. The van der Waals surface area contributed by atoms with E-state index in [1.165, 1.54) is 12.1 Å². The number of pyridine rings is 1. The Balaban J connectivity index is 1.77. The van der Waals surface area contributed by atoms with E-state index in [9.17, 15) is 9.65 Å². The maximum Gasteiger partial charge on any atom is 0.166 e. The molecule has 0 unspecified atom stereocenters. The fourth-order valence-electron chi connectivity index (χ4n) is 4.51. The summed E-state index contributed by atoms with van der Waals surface area (Å²) in [5.41, 5.74) is 9.87. The van der Waals surface area contributed by atoms with E-state index in [2.05, 4.69) is 21.1 Å². The summed E-state index contributed by atoms with van der Waals surface area (Å²) in [6.45, 7) is 3.61. The van der Waals surface area contributed by atoms with Crippen molar-refractivity contribution >= 4 is 17.3 Å². The van der Waals surface area contributed by atoms with Crippen molar-refractivity contribution in [3.63, 3.8) is 0 Å². The normalized spacial score (nSPS) is 19.3. The Hall–Kier alpha value is -3.93. The number of halogens is 1. The molecule has 2 aliphatic rings. The van der Waals surface area contributed by atoms with Gasteiger partial charge in [-0.05, 0) is 44.0 Å². The summed E-state index contributed by atoms with van der Waals surface area (Å²) in [6.07, 6.45) is 3.69. The summed E-state index contributed by atoms with van der Waals surface area (Å²) in [5, 5.41) is 14.5. The number of aromatic nitrogens is 3. The Kier molecular flexibility index (Phi) is 5.21. The molecule has 2 aromatic heterocycles. The third kappa shape index (κ3) is 3.78. The molecule has 9 heteroatoms. The lowest BCUT2D eigenvalue weighted by Gasteiger charge is -2.23. The van der Waals surface area contributed by atoms with Crippen molar-refractivity contribution in [2.75, 3.05) is 18.8 Å². The Bertz CT molecular complexity index is 1300. The van der Waals surface area contributed by atoms with Crippen molar-refractivity contribution < 1.29 is 9.13 Å². The summed E-state index contributed by atoms with van der Waals surface area (Å²) in [5.74, 6) is 1.05. The SMILES string of the molecule is C[C@H]1Oc2cc(cnc2N)-c2c(nn(C)c2C#N)C/C(N2CCCC2)=N\c2ccc(F)cc21. The molecule has 0 aliphatic carbocycles. The first-order valence-electron chi connectivity index (χ1n) is 10.9. The topological polar surface area (TPSA) is 105 Å². The number of nitrogen functional groups attached to an aromatic ring is 1. The van der Waals surface area contributed by atoms with Gasteiger partial charge in [-0.3, -0.25) is 4.68 Å². The predicted octanol–water partition coefficient (Wildman–Crippen LogP) is 3.90. The van der Waals surface area contributed by atoms with Crippen LogP contribution in [-0.4, -0.2) is 38.6 Å². The number of ether oxygens (including phenoxy) is 1. The first-order chi connectivity index (χ1) is 15.9. The van der Waals surface area contributed by atoms with E-state index in [0.29, 0.717) is 40.2 Å².